The Morgan fingerprint density at radius 2 is 0.915 bits per heavy atom. The second kappa shape index (κ2) is 17.7. The molecule has 13 rings (SSSR count). The summed E-state index contributed by atoms with van der Waals surface area (Å²) in [6.45, 7) is 12.2. The van der Waals surface area contributed by atoms with E-state index in [9.17, 15) is 0 Å². The van der Waals surface area contributed by atoms with E-state index in [2.05, 4.69) is 236 Å². The number of anilines is 2. The molecule has 0 amide bonds. The normalized spacial score (nSPS) is 30.5. The first-order chi connectivity index (χ1) is 34.8. The minimum absolute atomic E-state index is 0.0305. The maximum absolute atomic E-state index is 3.16. The van der Waals surface area contributed by atoms with Crippen molar-refractivity contribution in [3.05, 3.63) is 238 Å². The van der Waals surface area contributed by atoms with E-state index in [4.69, 9.17) is 0 Å². The molecule has 4 nitrogen and oxygen atoms in total. The highest BCUT2D eigenvalue weighted by molar-refractivity contribution is 5.63. The van der Waals surface area contributed by atoms with Crippen LogP contribution in [0.3, 0.4) is 0 Å². The highest BCUT2D eigenvalue weighted by Gasteiger charge is 2.66. The molecule has 2 aliphatic carbocycles. The number of aryl methyl sites for hydroxylation is 2. The quantitative estimate of drug-likeness (QED) is 0.151. The fraction of sp³-hybridized carbons (Fsp3) is 0.373. The maximum Gasteiger partial charge on any atom is 0.110 e. The zero-order valence-corrected chi connectivity index (χ0v) is 42.7. The first-order valence-electron chi connectivity index (χ1n) is 27.5. The lowest BCUT2D eigenvalue weighted by atomic mass is 9.59. The molecule has 0 bridgehead atoms. The standard InChI is InChI=1S/C67H72N4/c1-45-24-18-23-37-60(45)68-48(4)63-57-34-20-22-36-59(57)67(54-31-16-9-17-32-54,71(63)65(68)51-27-12-7-13-28-51)55-41-38-49(39-42-55)52-40-43-61(46(2)44-52)69-47(3)62-56-33-19-21-35-58(56)66(5,53-29-14-8-15-30-53)70(62)64(69)50-25-10-6-11-26-50/h6-8,10-15,18-30,33-37,40,43-44,47-49,54-55,62-65H,9,16-17,31-32,38-39,41-42H2,1-5H3/t47-,48-,49?,55?,62?,63?,64?,65?,66?,67?/m0/s1. The summed E-state index contributed by atoms with van der Waals surface area (Å²) in [5, 5.41) is 0. The number of fused-ring (bicyclic) bond motifs is 6. The van der Waals surface area contributed by atoms with Crippen LogP contribution >= 0.6 is 0 Å². The predicted octanol–water partition coefficient (Wildman–Crippen LogP) is 16.2. The molecule has 2 saturated heterocycles. The van der Waals surface area contributed by atoms with Crippen LogP contribution in [0.5, 0.6) is 0 Å². The van der Waals surface area contributed by atoms with Crippen molar-refractivity contribution in [2.75, 3.05) is 9.80 Å². The van der Waals surface area contributed by atoms with Gasteiger partial charge in [0, 0.05) is 23.5 Å². The SMILES string of the molecule is Cc1cc(C2CCC(C3(C4CCCCC4)c4ccccc4C4[C@H](C)N(c5ccccc5C)C(c5ccccc5)N43)CC2)ccc1N1C(c2ccccc2)N2C(c3ccccc3C2(C)c2ccccc2)[C@@H]1C. The highest BCUT2D eigenvalue weighted by Crippen LogP contribution is 2.68. The molecule has 71 heavy (non-hydrogen) atoms. The van der Waals surface area contributed by atoms with Crippen LogP contribution in [0.4, 0.5) is 11.4 Å². The molecule has 4 fully saturated rings. The van der Waals surface area contributed by atoms with E-state index in [1.54, 1.807) is 11.1 Å². The van der Waals surface area contributed by atoms with E-state index in [-0.39, 0.29) is 35.5 Å². The molecule has 7 aromatic carbocycles. The summed E-state index contributed by atoms with van der Waals surface area (Å²) in [4.78, 5) is 11.7. The van der Waals surface area contributed by atoms with Gasteiger partial charge in [-0.2, -0.15) is 0 Å². The molecule has 4 aliphatic heterocycles. The largest absolute Gasteiger partial charge is 0.347 e. The Bertz CT molecular complexity index is 3030. The van der Waals surface area contributed by atoms with Gasteiger partial charge < -0.3 is 9.80 Å². The minimum Gasteiger partial charge on any atom is -0.347 e. The van der Waals surface area contributed by atoms with Crippen LogP contribution in [-0.4, -0.2) is 21.9 Å². The molecule has 0 aromatic heterocycles. The lowest BCUT2D eigenvalue weighted by Crippen LogP contribution is -2.55. The van der Waals surface area contributed by atoms with Gasteiger partial charge in [-0.05, 0) is 159 Å². The van der Waals surface area contributed by atoms with Crippen molar-refractivity contribution in [3.8, 4) is 0 Å². The molecule has 2 saturated carbocycles. The van der Waals surface area contributed by atoms with Gasteiger partial charge in [-0.15, -0.1) is 0 Å². The van der Waals surface area contributed by atoms with Gasteiger partial charge in [0.15, 0.2) is 0 Å². The average molecular weight is 933 g/mol. The lowest BCUT2D eigenvalue weighted by molar-refractivity contribution is -0.0669. The highest BCUT2D eigenvalue weighted by atomic mass is 15.5. The Morgan fingerprint density at radius 3 is 1.54 bits per heavy atom. The monoisotopic (exact) mass is 933 g/mol. The first-order valence-corrected chi connectivity index (χ1v) is 27.5. The minimum atomic E-state index is -0.291. The Hall–Kier alpha value is -5.94. The molecule has 6 unspecified atom stereocenters. The summed E-state index contributed by atoms with van der Waals surface area (Å²) in [6, 6.07) is 71.4. The molecule has 4 heterocycles. The number of nitrogens with zero attached hydrogens (tertiary/aromatic N) is 4. The second-order valence-corrected chi connectivity index (χ2v) is 22.7. The number of hydrogen-bond donors (Lipinski definition) is 0. The molecule has 7 aromatic rings. The Morgan fingerprint density at radius 1 is 0.423 bits per heavy atom. The van der Waals surface area contributed by atoms with Gasteiger partial charge in [-0.25, -0.2) is 0 Å². The molecule has 360 valence electrons. The molecule has 4 heteroatoms. The molecule has 6 aliphatic rings. The molecular formula is C67H72N4. The number of benzene rings is 7. The van der Waals surface area contributed by atoms with Crippen molar-refractivity contribution < 1.29 is 0 Å². The Balaban J connectivity index is 0.861. The fourth-order valence-electron chi connectivity index (χ4n) is 16.5. The van der Waals surface area contributed by atoms with E-state index in [1.165, 1.54) is 114 Å². The summed E-state index contributed by atoms with van der Waals surface area (Å²) in [5.41, 5.74) is 17.0. The Kier molecular flexibility index (Phi) is 11.2. The van der Waals surface area contributed by atoms with E-state index in [0.29, 0.717) is 29.8 Å². The van der Waals surface area contributed by atoms with Gasteiger partial charge in [-0.3, -0.25) is 9.80 Å². The molecule has 0 N–H and O–H groups in total. The van der Waals surface area contributed by atoms with Crippen LogP contribution in [0.25, 0.3) is 0 Å². The fourth-order valence-corrected chi connectivity index (χ4v) is 16.5. The van der Waals surface area contributed by atoms with E-state index >= 15 is 0 Å². The molecule has 0 radical (unpaired) electrons. The zero-order chi connectivity index (χ0) is 48.0. The molecular weight excluding hydrogens is 861 g/mol. The third-order valence-electron chi connectivity index (χ3n) is 19.4. The molecule has 0 spiro atoms. The number of para-hydroxylation sites is 1. The third-order valence-corrected chi connectivity index (χ3v) is 19.4. The van der Waals surface area contributed by atoms with Gasteiger partial charge in [0.05, 0.1) is 23.2 Å². The van der Waals surface area contributed by atoms with Crippen LogP contribution in [0.2, 0.25) is 0 Å². The van der Waals surface area contributed by atoms with E-state index in [1.807, 2.05) is 0 Å². The van der Waals surface area contributed by atoms with Crippen molar-refractivity contribution in [1.29, 1.82) is 0 Å². The van der Waals surface area contributed by atoms with E-state index in [0.717, 1.165) is 0 Å². The number of hydrogen-bond acceptors (Lipinski definition) is 4. The van der Waals surface area contributed by atoms with Crippen LogP contribution in [0.1, 0.15) is 165 Å². The topological polar surface area (TPSA) is 13.0 Å². The van der Waals surface area contributed by atoms with Crippen LogP contribution in [-0.2, 0) is 11.1 Å². The van der Waals surface area contributed by atoms with Crippen LogP contribution in [0, 0.1) is 25.7 Å². The van der Waals surface area contributed by atoms with Crippen molar-refractivity contribution >= 4 is 11.4 Å². The maximum atomic E-state index is 3.16. The van der Waals surface area contributed by atoms with Crippen molar-refractivity contribution in [2.45, 2.75) is 146 Å². The summed E-state index contributed by atoms with van der Waals surface area (Å²) < 4.78 is 0. The lowest BCUT2D eigenvalue weighted by Gasteiger charge is -2.55. The Labute approximate surface area is 424 Å². The molecule has 8 atom stereocenters. The van der Waals surface area contributed by atoms with Gasteiger partial charge in [-0.1, -0.05) is 189 Å². The summed E-state index contributed by atoms with van der Waals surface area (Å²) in [6.07, 6.45) is 11.9. The van der Waals surface area contributed by atoms with Gasteiger partial charge in [0.25, 0.3) is 0 Å². The van der Waals surface area contributed by atoms with Crippen molar-refractivity contribution in [3.63, 3.8) is 0 Å². The summed E-state index contributed by atoms with van der Waals surface area (Å²) >= 11 is 0. The summed E-state index contributed by atoms with van der Waals surface area (Å²) in [5.74, 6) is 1.76. The average Bonchev–Trinajstić information content (AvgIpc) is 4.10. The summed E-state index contributed by atoms with van der Waals surface area (Å²) in [7, 11) is 0. The van der Waals surface area contributed by atoms with Crippen molar-refractivity contribution in [1.82, 2.24) is 9.80 Å². The van der Waals surface area contributed by atoms with Crippen LogP contribution in [0.15, 0.2) is 182 Å². The first kappa shape index (κ1) is 45.0. The van der Waals surface area contributed by atoms with Gasteiger partial charge in [0.1, 0.15) is 12.3 Å². The smallest absolute Gasteiger partial charge is 0.110 e. The number of rotatable bonds is 8. The zero-order valence-electron chi connectivity index (χ0n) is 42.7. The van der Waals surface area contributed by atoms with Crippen LogP contribution < -0.4 is 9.80 Å². The van der Waals surface area contributed by atoms with Gasteiger partial charge in [0.2, 0.25) is 0 Å². The van der Waals surface area contributed by atoms with E-state index < -0.39 is 0 Å². The third kappa shape index (κ3) is 6.69. The predicted molar refractivity (Wildman–Crippen MR) is 292 cm³/mol. The van der Waals surface area contributed by atoms with Gasteiger partial charge >= 0.3 is 0 Å². The second-order valence-electron chi connectivity index (χ2n) is 22.7. The van der Waals surface area contributed by atoms with Crippen molar-refractivity contribution in [2.24, 2.45) is 11.8 Å².